The molecule has 118 valence electrons. The Balaban J connectivity index is 2.47. The largest absolute Gasteiger partial charge is 0.494 e. The van der Waals surface area contributed by atoms with Gasteiger partial charge in [0.25, 0.3) is 10.0 Å². The standard InChI is InChI=1S/C14H12F3NO3S/c1-18(13-5-3-9(15)7-11(13)16)22(19,20)10-4-6-14(21-2)12(17)8-10/h3-8H,1-2H3. The Morgan fingerprint density at radius 3 is 2.23 bits per heavy atom. The van der Waals surface area contributed by atoms with Crippen molar-refractivity contribution in [2.45, 2.75) is 4.90 Å². The van der Waals surface area contributed by atoms with E-state index >= 15 is 0 Å². The Bertz CT molecular complexity index is 809. The molecule has 0 bridgehead atoms. The summed E-state index contributed by atoms with van der Waals surface area (Å²) in [7, 11) is -1.87. The van der Waals surface area contributed by atoms with E-state index in [0.29, 0.717) is 10.4 Å². The van der Waals surface area contributed by atoms with E-state index in [1.54, 1.807) is 0 Å². The minimum Gasteiger partial charge on any atom is -0.494 e. The predicted octanol–water partition coefficient (Wildman–Crippen LogP) is 2.94. The molecule has 8 heteroatoms. The summed E-state index contributed by atoms with van der Waals surface area (Å²) in [6.07, 6.45) is 0. The lowest BCUT2D eigenvalue weighted by Gasteiger charge is -2.20. The van der Waals surface area contributed by atoms with Crippen molar-refractivity contribution in [3.8, 4) is 5.75 Å². The van der Waals surface area contributed by atoms with Gasteiger partial charge in [-0.05, 0) is 30.3 Å². The zero-order chi connectivity index (χ0) is 16.5. The van der Waals surface area contributed by atoms with E-state index < -0.39 is 27.5 Å². The average Bonchev–Trinajstić information content (AvgIpc) is 2.46. The summed E-state index contributed by atoms with van der Waals surface area (Å²) >= 11 is 0. The number of nitrogens with zero attached hydrogens (tertiary/aromatic N) is 1. The fourth-order valence-corrected chi connectivity index (χ4v) is 3.05. The van der Waals surface area contributed by atoms with E-state index in [1.165, 1.54) is 7.11 Å². The van der Waals surface area contributed by atoms with Gasteiger partial charge in [-0.3, -0.25) is 4.31 Å². The normalized spacial score (nSPS) is 11.3. The van der Waals surface area contributed by atoms with Crippen molar-refractivity contribution in [3.63, 3.8) is 0 Å². The highest BCUT2D eigenvalue weighted by molar-refractivity contribution is 7.92. The smallest absolute Gasteiger partial charge is 0.264 e. The number of anilines is 1. The molecule has 2 rings (SSSR count). The third-order valence-corrected chi connectivity index (χ3v) is 4.80. The van der Waals surface area contributed by atoms with Gasteiger partial charge < -0.3 is 4.74 Å². The Kier molecular flexibility index (Phi) is 4.32. The lowest BCUT2D eigenvalue weighted by Crippen LogP contribution is -2.27. The summed E-state index contributed by atoms with van der Waals surface area (Å²) in [6.45, 7) is 0. The topological polar surface area (TPSA) is 46.6 Å². The van der Waals surface area contributed by atoms with Gasteiger partial charge in [0.2, 0.25) is 0 Å². The molecule has 0 saturated carbocycles. The van der Waals surface area contributed by atoms with Crippen molar-refractivity contribution in [3.05, 3.63) is 53.8 Å². The highest BCUT2D eigenvalue weighted by atomic mass is 32.2. The molecule has 0 aliphatic heterocycles. The van der Waals surface area contributed by atoms with Gasteiger partial charge in [-0.1, -0.05) is 0 Å². The van der Waals surface area contributed by atoms with Crippen molar-refractivity contribution in [2.75, 3.05) is 18.5 Å². The fraction of sp³-hybridized carbons (Fsp3) is 0.143. The van der Waals surface area contributed by atoms with Gasteiger partial charge >= 0.3 is 0 Å². The van der Waals surface area contributed by atoms with Crippen LogP contribution >= 0.6 is 0 Å². The number of benzene rings is 2. The molecule has 0 aliphatic rings. The second-order valence-electron chi connectivity index (χ2n) is 4.36. The van der Waals surface area contributed by atoms with Crippen molar-refractivity contribution in [2.24, 2.45) is 0 Å². The Morgan fingerprint density at radius 1 is 1.00 bits per heavy atom. The highest BCUT2D eigenvalue weighted by Crippen LogP contribution is 2.27. The molecule has 0 aromatic heterocycles. The van der Waals surface area contributed by atoms with Crippen LogP contribution in [0.1, 0.15) is 0 Å². The van der Waals surface area contributed by atoms with Crippen LogP contribution in [0, 0.1) is 17.5 Å². The first-order valence-corrected chi connectivity index (χ1v) is 7.49. The van der Waals surface area contributed by atoms with Gasteiger partial charge in [-0.15, -0.1) is 0 Å². The van der Waals surface area contributed by atoms with Crippen LogP contribution in [-0.4, -0.2) is 22.6 Å². The summed E-state index contributed by atoms with van der Waals surface area (Å²) in [6, 6.07) is 5.54. The maximum Gasteiger partial charge on any atom is 0.264 e. The SMILES string of the molecule is COc1ccc(S(=O)(=O)N(C)c2ccc(F)cc2F)cc1F. The van der Waals surface area contributed by atoms with E-state index in [4.69, 9.17) is 4.74 Å². The Hall–Kier alpha value is -2.22. The van der Waals surface area contributed by atoms with Crippen LogP contribution in [0.15, 0.2) is 41.3 Å². The number of hydrogen-bond donors (Lipinski definition) is 0. The molecule has 0 N–H and O–H groups in total. The quantitative estimate of drug-likeness (QED) is 0.865. The molecule has 4 nitrogen and oxygen atoms in total. The van der Waals surface area contributed by atoms with Crippen LogP contribution in [0.2, 0.25) is 0 Å². The molecular formula is C14H12F3NO3S. The van der Waals surface area contributed by atoms with E-state index in [2.05, 4.69) is 0 Å². The van der Waals surface area contributed by atoms with E-state index in [1.807, 2.05) is 0 Å². The van der Waals surface area contributed by atoms with Crippen LogP contribution in [0.3, 0.4) is 0 Å². The molecule has 22 heavy (non-hydrogen) atoms. The number of ether oxygens (including phenoxy) is 1. The zero-order valence-corrected chi connectivity index (χ0v) is 12.5. The van der Waals surface area contributed by atoms with Crippen LogP contribution in [-0.2, 0) is 10.0 Å². The van der Waals surface area contributed by atoms with Crippen molar-refractivity contribution in [1.29, 1.82) is 0 Å². The number of halogens is 3. The maximum absolute atomic E-state index is 13.7. The molecule has 0 fully saturated rings. The Labute approximate surface area is 125 Å². The molecule has 0 atom stereocenters. The van der Waals surface area contributed by atoms with Crippen molar-refractivity contribution < 1.29 is 26.3 Å². The Morgan fingerprint density at radius 2 is 1.68 bits per heavy atom. The number of methoxy groups -OCH3 is 1. The van der Waals surface area contributed by atoms with Gasteiger partial charge in [0.15, 0.2) is 11.6 Å². The fourth-order valence-electron chi connectivity index (χ4n) is 1.83. The van der Waals surface area contributed by atoms with Crippen molar-refractivity contribution >= 4 is 15.7 Å². The highest BCUT2D eigenvalue weighted by Gasteiger charge is 2.25. The molecule has 0 saturated heterocycles. The van der Waals surface area contributed by atoms with E-state index in [9.17, 15) is 21.6 Å². The maximum atomic E-state index is 13.7. The lowest BCUT2D eigenvalue weighted by molar-refractivity contribution is 0.385. The van der Waals surface area contributed by atoms with Gasteiger partial charge in [-0.2, -0.15) is 0 Å². The number of hydrogen-bond acceptors (Lipinski definition) is 3. The lowest BCUT2D eigenvalue weighted by atomic mass is 10.3. The molecule has 0 aliphatic carbocycles. The second kappa shape index (κ2) is 5.88. The third-order valence-electron chi connectivity index (χ3n) is 3.03. The van der Waals surface area contributed by atoms with Crippen LogP contribution < -0.4 is 9.04 Å². The summed E-state index contributed by atoms with van der Waals surface area (Å²) in [4.78, 5) is -0.378. The van der Waals surface area contributed by atoms with Crippen LogP contribution in [0.5, 0.6) is 5.75 Å². The zero-order valence-electron chi connectivity index (χ0n) is 11.7. The molecular weight excluding hydrogens is 319 g/mol. The first kappa shape index (κ1) is 16.2. The summed E-state index contributed by atoms with van der Waals surface area (Å²) in [5, 5.41) is 0. The van der Waals surface area contributed by atoms with Gasteiger partial charge in [0.05, 0.1) is 17.7 Å². The molecule has 2 aromatic rings. The van der Waals surface area contributed by atoms with Crippen LogP contribution in [0.25, 0.3) is 0 Å². The summed E-state index contributed by atoms with van der Waals surface area (Å²) in [5.74, 6) is -2.85. The number of rotatable bonds is 4. The molecule has 0 heterocycles. The minimum atomic E-state index is -4.20. The first-order valence-electron chi connectivity index (χ1n) is 6.05. The average molecular weight is 331 g/mol. The first-order chi connectivity index (χ1) is 10.3. The van der Waals surface area contributed by atoms with E-state index in [-0.39, 0.29) is 16.3 Å². The van der Waals surface area contributed by atoms with Crippen molar-refractivity contribution in [1.82, 2.24) is 0 Å². The van der Waals surface area contributed by atoms with Gasteiger partial charge in [-0.25, -0.2) is 21.6 Å². The molecule has 0 spiro atoms. The second-order valence-corrected chi connectivity index (χ2v) is 6.33. The molecule has 0 amide bonds. The van der Waals surface area contributed by atoms with Gasteiger partial charge in [0.1, 0.15) is 11.6 Å². The minimum absolute atomic E-state index is 0.116. The molecule has 2 aromatic carbocycles. The molecule has 0 radical (unpaired) electrons. The van der Waals surface area contributed by atoms with Crippen LogP contribution in [0.4, 0.5) is 18.9 Å². The monoisotopic (exact) mass is 331 g/mol. The molecule has 0 unspecified atom stereocenters. The summed E-state index contributed by atoms with van der Waals surface area (Å²) < 4.78 is 70.3. The predicted molar refractivity (Wildman–Crippen MR) is 74.9 cm³/mol. The third kappa shape index (κ3) is 2.87. The number of sulfonamides is 1. The summed E-state index contributed by atoms with van der Waals surface area (Å²) in [5.41, 5.74) is -0.349. The van der Waals surface area contributed by atoms with E-state index in [0.717, 1.165) is 37.4 Å². The van der Waals surface area contributed by atoms with Gasteiger partial charge in [0, 0.05) is 13.1 Å².